The monoisotopic (exact) mass is 674 g/mol. The van der Waals surface area contributed by atoms with Gasteiger partial charge in [0.15, 0.2) is 0 Å². The number of hydrogen-bond acceptors (Lipinski definition) is 5. The molecule has 1 unspecified atom stereocenters. The Bertz CT molecular complexity index is 1140. The van der Waals surface area contributed by atoms with Gasteiger partial charge < -0.3 is 18.5 Å². The van der Waals surface area contributed by atoms with Crippen molar-refractivity contribution in [3.63, 3.8) is 0 Å². The van der Waals surface area contributed by atoms with Gasteiger partial charge in [-0.05, 0) is 48.6 Å². The van der Waals surface area contributed by atoms with Crippen LogP contribution in [0.2, 0.25) is 0 Å². The first-order valence-corrected chi connectivity index (χ1v) is 20.3. The maximum absolute atomic E-state index is 11.0. The fourth-order valence-electron chi connectivity index (χ4n) is 6.55. The molecule has 2 aromatic rings. The lowest BCUT2D eigenvalue weighted by atomic mass is 9.76. The standard InChI is InChI=1S/C39H64O5P2/c1-11-13-14-15-16-17-18-19-20-21-22-28-41-45(40)44-46-42-36-32(38(5,6)7)26-24-29(3)34(36)31(23-12-2)35-30(4)25-27-33(37(35)43-46)39(8,9)10/h24-27,31,40H,11-23,28H2,1-10H3. The number of unbranched alkanes of at least 4 members (excludes halogenated alkanes) is 10. The van der Waals surface area contributed by atoms with Crippen LogP contribution in [0.3, 0.4) is 0 Å². The third-order valence-corrected chi connectivity index (χ3v) is 11.3. The Morgan fingerprint density at radius 1 is 0.674 bits per heavy atom. The van der Waals surface area contributed by atoms with Crippen molar-refractivity contribution < 1.29 is 22.8 Å². The van der Waals surface area contributed by atoms with E-state index in [1.54, 1.807) is 0 Å². The Kier molecular flexibility index (Phi) is 15.8. The molecule has 1 N–H and O–H groups in total. The van der Waals surface area contributed by atoms with Crippen molar-refractivity contribution in [2.45, 2.75) is 169 Å². The zero-order valence-corrected chi connectivity index (χ0v) is 32.5. The third-order valence-electron chi connectivity index (χ3n) is 9.14. The predicted octanol–water partition coefficient (Wildman–Crippen LogP) is 13.4. The zero-order chi connectivity index (χ0) is 33.9. The normalized spacial score (nSPS) is 17.4. The summed E-state index contributed by atoms with van der Waals surface area (Å²) in [6, 6.07) is 8.82. The van der Waals surface area contributed by atoms with Gasteiger partial charge in [-0.15, -0.1) is 0 Å². The van der Waals surface area contributed by atoms with Gasteiger partial charge in [0.25, 0.3) is 0 Å². The Hall–Kier alpha value is -1.22. The molecule has 1 aliphatic rings. The van der Waals surface area contributed by atoms with E-state index in [-0.39, 0.29) is 16.7 Å². The van der Waals surface area contributed by atoms with Crippen LogP contribution in [0.1, 0.15) is 178 Å². The minimum atomic E-state index is -2.17. The Morgan fingerprint density at radius 2 is 1.11 bits per heavy atom. The highest BCUT2D eigenvalue weighted by molar-refractivity contribution is 7.55. The smallest absolute Gasteiger partial charge is 0.417 e. The van der Waals surface area contributed by atoms with Gasteiger partial charge in [-0.2, -0.15) is 0 Å². The summed E-state index contributed by atoms with van der Waals surface area (Å²) >= 11 is 0. The van der Waals surface area contributed by atoms with Crippen LogP contribution in [-0.2, 0) is 19.7 Å². The van der Waals surface area contributed by atoms with Gasteiger partial charge in [-0.3, -0.25) is 0 Å². The number of hydrogen-bond donors (Lipinski definition) is 1. The highest BCUT2D eigenvalue weighted by Crippen LogP contribution is 2.60. The number of fused-ring (bicyclic) bond motifs is 2. The quantitative estimate of drug-likeness (QED) is 0.134. The summed E-state index contributed by atoms with van der Waals surface area (Å²) in [6.45, 7) is 22.6. The molecule has 3 rings (SSSR count). The molecule has 0 bridgehead atoms. The summed E-state index contributed by atoms with van der Waals surface area (Å²) in [4.78, 5) is 11.0. The molecule has 5 nitrogen and oxygen atoms in total. The summed E-state index contributed by atoms with van der Waals surface area (Å²) < 4.78 is 25.6. The van der Waals surface area contributed by atoms with Crippen LogP contribution in [0, 0.1) is 13.8 Å². The van der Waals surface area contributed by atoms with Crippen LogP contribution in [-0.4, -0.2) is 11.5 Å². The van der Waals surface area contributed by atoms with Crippen LogP contribution in [0.5, 0.6) is 11.5 Å². The number of benzene rings is 2. The van der Waals surface area contributed by atoms with Gasteiger partial charge in [0.2, 0.25) is 0 Å². The lowest BCUT2D eigenvalue weighted by Crippen LogP contribution is -2.21. The molecule has 0 radical (unpaired) electrons. The summed E-state index contributed by atoms with van der Waals surface area (Å²) in [7, 11) is -4.16. The first-order chi connectivity index (χ1) is 21.8. The van der Waals surface area contributed by atoms with E-state index < -0.39 is 17.2 Å². The molecule has 0 spiro atoms. The van der Waals surface area contributed by atoms with Crippen molar-refractivity contribution in [1.82, 2.24) is 0 Å². The molecule has 0 amide bonds. The maximum Gasteiger partial charge on any atom is 0.470 e. The van der Waals surface area contributed by atoms with E-state index in [0.29, 0.717) is 6.61 Å². The molecule has 0 aliphatic carbocycles. The van der Waals surface area contributed by atoms with Crippen molar-refractivity contribution in [2.24, 2.45) is 0 Å². The van der Waals surface area contributed by atoms with Crippen LogP contribution in [0.25, 0.3) is 0 Å². The topological polar surface area (TPSA) is 57.2 Å². The SMILES string of the molecule is CCCCCCCCCCCCCOP(O)OP1Oc2c(C(C)(C)C)ccc(C)c2C(CCC)c2c(C)ccc(C(C)(C)C)c2O1. The summed E-state index contributed by atoms with van der Waals surface area (Å²) in [5.41, 5.74) is 6.72. The highest BCUT2D eigenvalue weighted by atomic mass is 31.2. The molecule has 0 saturated heterocycles. The van der Waals surface area contributed by atoms with Crippen LogP contribution >= 0.6 is 17.2 Å². The molecule has 1 aliphatic heterocycles. The molecule has 7 heteroatoms. The molecule has 0 saturated carbocycles. The fraction of sp³-hybridized carbons (Fsp3) is 0.692. The Morgan fingerprint density at radius 3 is 1.52 bits per heavy atom. The minimum absolute atomic E-state index is 0.115. The number of rotatable bonds is 17. The summed E-state index contributed by atoms with van der Waals surface area (Å²) in [5.74, 6) is 1.78. The third kappa shape index (κ3) is 11.2. The maximum atomic E-state index is 11.0. The van der Waals surface area contributed by atoms with Crippen molar-refractivity contribution in [1.29, 1.82) is 0 Å². The van der Waals surface area contributed by atoms with Crippen molar-refractivity contribution in [3.05, 3.63) is 57.6 Å². The first kappa shape index (κ1) is 39.2. The summed E-state index contributed by atoms with van der Waals surface area (Å²) in [6.07, 6.45) is 15.9. The van der Waals surface area contributed by atoms with Gasteiger partial charge in [-0.25, -0.2) is 4.31 Å². The van der Waals surface area contributed by atoms with E-state index in [9.17, 15) is 4.89 Å². The van der Waals surface area contributed by atoms with Crippen LogP contribution in [0.4, 0.5) is 0 Å². The Labute approximate surface area is 284 Å². The molecular formula is C39H64O5P2. The predicted molar refractivity (Wildman–Crippen MR) is 197 cm³/mol. The second-order valence-corrected chi connectivity index (χ2v) is 17.5. The fourth-order valence-corrected chi connectivity index (χ4v) is 8.48. The molecule has 0 aromatic heterocycles. The second kappa shape index (κ2) is 18.5. The highest BCUT2D eigenvalue weighted by Gasteiger charge is 2.38. The van der Waals surface area contributed by atoms with Crippen LogP contribution < -0.4 is 9.05 Å². The van der Waals surface area contributed by atoms with E-state index in [0.717, 1.165) is 48.3 Å². The van der Waals surface area contributed by atoms with Gasteiger partial charge in [0.05, 0.1) is 6.61 Å². The molecule has 2 aromatic carbocycles. The van der Waals surface area contributed by atoms with Gasteiger partial charge >= 0.3 is 17.2 Å². The van der Waals surface area contributed by atoms with Gasteiger partial charge in [-0.1, -0.05) is 150 Å². The lowest BCUT2D eigenvalue weighted by Gasteiger charge is -2.36. The van der Waals surface area contributed by atoms with E-state index in [2.05, 4.69) is 93.5 Å². The lowest BCUT2D eigenvalue weighted by molar-refractivity contribution is 0.243. The van der Waals surface area contributed by atoms with Crippen molar-refractivity contribution >= 4 is 17.2 Å². The number of aryl methyl sites for hydroxylation is 2. The van der Waals surface area contributed by atoms with E-state index in [1.165, 1.54) is 80.0 Å². The minimum Gasteiger partial charge on any atom is -0.417 e. The van der Waals surface area contributed by atoms with Gasteiger partial charge in [0, 0.05) is 28.2 Å². The average Bonchev–Trinajstić information content (AvgIpc) is 2.95. The van der Waals surface area contributed by atoms with Gasteiger partial charge in [0.1, 0.15) is 11.5 Å². The molecular weight excluding hydrogens is 610 g/mol. The van der Waals surface area contributed by atoms with E-state index in [1.807, 2.05) is 0 Å². The van der Waals surface area contributed by atoms with Crippen molar-refractivity contribution in [2.75, 3.05) is 6.61 Å². The molecule has 46 heavy (non-hydrogen) atoms. The van der Waals surface area contributed by atoms with E-state index in [4.69, 9.17) is 17.9 Å². The molecule has 260 valence electrons. The molecule has 1 atom stereocenters. The second-order valence-electron chi connectivity index (χ2n) is 15.3. The summed E-state index contributed by atoms with van der Waals surface area (Å²) in [5, 5.41) is 0. The Balaban J connectivity index is 1.80. The van der Waals surface area contributed by atoms with Crippen molar-refractivity contribution in [3.8, 4) is 11.5 Å². The van der Waals surface area contributed by atoms with Crippen LogP contribution in [0.15, 0.2) is 24.3 Å². The molecule has 0 fully saturated rings. The van der Waals surface area contributed by atoms with E-state index >= 15 is 0 Å². The zero-order valence-electron chi connectivity index (χ0n) is 30.8. The average molecular weight is 675 g/mol. The largest absolute Gasteiger partial charge is 0.470 e. The first-order valence-electron chi connectivity index (χ1n) is 18.0. The molecule has 1 heterocycles.